The Kier molecular flexibility index (Phi) is 2.22. The monoisotopic (exact) mass is 157 g/mol. The van der Waals surface area contributed by atoms with Gasteiger partial charge in [-0.05, 0) is 49.4 Å². The first-order valence-corrected chi connectivity index (χ1v) is 6.26. The fourth-order valence-corrected chi connectivity index (χ4v) is 5.23. The van der Waals surface area contributed by atoms with E-state index < -0.39 is 0 Å². The molecule has 0 saturated carbocycles. The first kappa shape index (κ1) is 7.02. The Morgan fingerprint density at radius 3 is 2.60 bits per heavy atom. The van der Waals surface area contributed by atoms with E-state index in [0.29, 0.717) is 0 Å². The number of hydrogen-bond donors (Lipinski definition) is 0. The van der Waals surface area contributed by atoms with Crippen molar-refractivity contribution in [1.82, 2.24) is 0 Å². The van der Waals surface area contributed by atoms with E-state index in [1.165, 1.54) is 18.1 Å². The Labute approximate surface area is 66.7 Å². The molecular formula is C9H17S+. The average molecular weight is 157 g/mol. The number of hydrogen-bond acceptors (Lipinski definition) is 0. The molecule has 0 nitrogen and oxygen atoms in total. The predicted molar refractivity (Wildman–Crippen MR) is 48.6 cm³/mol. The van der Waals surface area contributed by atoms with Gasteiger partial charge in [-0.15, -0.1) is 0 Å². The van der Waals surface area contributed by atoms with Crippen LogP contribution < -0.4 is 0 Å². The smallest absolute Gasteiger partial charge is 0.0487 e. The molecule has 0 aliphatic carbocycles. The summed E-state index contributed by atoms with van der Waals surface area (Å²) in [5.41, 5.74) is 0. The molecule has 2 aliphatic heterocycles. The summed E-state index contributed by atoms with van der Waals surface area (Å²) in [5, 5.41) is 1.18. The molecule has 0 radical (unpaired) electrons. The van der Waals surface area contributed by atoms with Crippen LogP contribution >= 0.6 is 0 Å². The second kappa shape index (κ2) is 3.17. The maximum Gasteiger partial charge on any atom is 0.118 e. The highest BCUT2D eigenvalue weighted by atomic mass is 32.2. The average Bonchev–Trinajstić information content (AvgIpc) is 2.28. The largest absolute Gasteiger partial charge is 0.118 e. The van der Waals surface area contributed by atoms with Crippen LogP contribution in [0.3, 0.4) is 0 Å². The molecule has 0 spiro atoms. The molecule has 1 unspecified atom stereocenters. The van der Waals surface area contributed by atoms with E-state index in [0.717, 1.165) is 10.9 Å². The van der Waals surface area contributed by atoms with Crippen LogP contribution in [0.15, 0.2) is 0 Å². The van der Waals surface area contributed by atoms with Crippen LogP contribution in [0.5, 0.6) is 0 Å². The highest BCUT2D eigenvalue weighted by Gasteiger charge is 2.36. The summed E-state index contributed by atoms with van der Waals surface area (Å²) < 4.78 is 0. The molecule has 2 rings (SSSR count). The lowest BCUT2D eigenvalue weighted by Gasteiger charge is -2.05. The maximum absolute atomic E-state index is 1.59. The summed E-state index contributed by atoms with van der Waals surface area (Å²) in [6.07, 6.45) is 9.30. The fourth-order valence-electron chi connectivity index (χ4n) is 2.25. The minimum atomic E-state index is 0.897. The van der Waals surface area contributed by atoms with Crippen LogP contribution in [0.1, 0.15) is 38.5 Å². The van der Waals surface area contributed by atoms with Crippen molar-refractivity contribution in [3.8, 4) is 0 Å². The lowest BCUT2D eigenvalue weighted by Crippen LogP contribution is -2.17. The molecule has 0 aromatic rings. The molecule has 0 N–H and O–H groups in total. The maximum atomic E-state index is 1.59. The van der Waals surface area contributed by atoms with Gasteiger partial charge in [0.25, 0.3) is 0 Å². The van der Waals surface area contributed by atoms with Gasteiger partial charge in [0.1, 0.15) is 16.8 Å². The minimum Gasteiger partial charge on any atom is -0.0487 e. The standard InChI is InChI=1S/C9H17S/c1-2-5-9-6-4-8-10(9)7-3-1/h9H,1-8H2/q+1/t9-,10?/m0/s1. The van der Waals surface area contributed by atoms with Crippen molar-refractivity contribution in [2.24, 2.45) is 0 Å². The summed E-state index contributed by atoms with van der Waals surface area (Å²) in [4.78, 5) is 0. The van der Waals surface area contributed by atoms with Gasteiger partial charge in [0.15, 0.2) is 0 Å². The molecule has 1 heteroatoms. The normalized spacial score (nSPS) is 40.8. The molecule has 2 atom stereocenters. The van der Waals surface area contributed by atoms with E-state index in [4.69, 9.17) is 0 Å². The second-order valence-corrected chi connectivity index (χ2v) is 6.12. The molecule has 0 amide bonds. The molecule has 0 aromatic heterocycles. The van der Waals surface area contributed by atoms with Crippen LogP contribution in [0, 0.1) is 0 Å². The second-order valence-electron chi connectivity index (χ2n) is 3.56. The van der Waals surface area contributed by atoms with Crippen molar-refractivity contribution in [3.05, 3.63) is 0 Å². The zero-order valence-electron chi connectivity index (χ0n) is 6.64. The van der Waals surface area contributed by atoms with Gasteiger partial charge in [-0.2, -0.15) is 0 Å². The van der Waals surface area contributed by atoms with Gasteiger partial charge in [0.2, 0.25) is 0 Å². The number of fused-ring (bicyclic) bond motifs is 1. The fraction of sp³-hybridized carbons (Fsp3) is 1.00. The lowest BCUT2D eigenvalue weighted by atomic mass is 10.1. The lowest BCUT2D eigenvalue weighted by molar-refractivity contribution is 0.644. The molecule has 0 aromatic carbocycles. The van der Waals surface area contributed by atoms with Gasteiger partial charge in [0, 0.05) is 0 Å². The molecular weight excluding hydrogens is 140 g/mol. The van der Waals surface area contributed by atoms with Gasteiger partial charge in [0.05, 0.1) is 0 Å². The molecule has 0 bridgehead atoms. The van der Waals surface area contributed by atoms with E-state index in [-0.39, 0.29) is 0 Å². The molecule has 2 fully saturated rings. The Bertz CT molecular complexity index is 99.3. The van der Waals surface area contributed by atoms with Crippen LogP contribution in [-0.4, -0.2) is 16.8 Å². The van der Waals surface area contributed by atoms with Crippen molar-refractivity contribution >= 4 is 10.9 Å². The van der Waals surface area contributed by atoms with E-state index >= 15 is 0 Å². The van der Waals surface area contributed by atoms with Crippen molar-refractivity contribution < 1.29 is 0 Å². The molecule has 58 valence electrons. The predicted octanol–water partition coefficient (Wildman–Crippen LogP) is 2.34. The summed E-state index contributed by atoms with van der Waals surface area (Å²) in [5.74, 6) is 3.18. The Balaban J connectivity index is 1.95. The zero-order chi connectivity index (χ0) is 6.81. The van der Waals surface area contributed by atoms with E-state index in [9.17, 15) is 0 Å². The summed E-state index contributed by atoms with van der Waals surface area (Å²) in [6, 6.07) is 0. The van der Waals surface area contributed by atoms with Crippen molar-refractivity contribution in [2.45, 2.75) is 43.8 Å². The third-order valence-corrected chi connectivity index (χ3v) is 5.88. The third kappa shape index (κ3) is 1.34. The topological polar surface area (TPSA) is 0 Å². The van der Waals surface area contributed by atoms with E-state index in [2.05, 4.69) is 0 Å². The Hall–Kier alpha value is 0.350. The van der Waals surface area contributed by atoms with Gasteiger partial charge in [-0.3, -0.25) is 0 Å². The van der Waals surface area contributed by atoms with Gasteiger partial charge in [-0.25, -0.2) is 0 Å². The van der Waals surface area contributed by atoms with Gasteiger partial charge < -0.3 is 0 Å². The van der Waals surface area contributed by atoms with E-state index in [1.54, 1.807) is 37.2 Å². The summed E-state index contributed by atoms with van der Waals surface area (Å²) in [7, 11) is 0.897. The van der Waals surface area contributed by atoms with Crippen molar-refractivity contribution in [3.63, 3.8) is 0 Å². The molecule has 10 heavy (non-hydrogen) atoms. The minimum absolute atomic E-state index is 0.897. The highest BCUT2D eigenvalue weighted by molar-refractivity contribution is 7.97. The zero-order valence-corrected chi connectivity index (χ0v) is 7.46. The first-order chi connectivity index (χ1) is 4.97. The quantitative estimate of drug-likeness (QED) is 0.473. The molecule has 2 heterocycles. The van der Waals surface area contributed by atoms with Gasteiger partial charge >= 0.3 is 0 Å². The highest BCUT2D eigenvalue weighted by Crippen LogP contribution is 2.30. The van der Waals surface area contributed by atoms with Crippen LogP contribution in [0.2, 0.25) is 0 Å². The Morgan fingerprint density at radius 2 is 1.60 bits per heavy atom. The van der Waals surface area contributed by atoms with Crippen LogP contribution in [0.4, 0.5) is 0 Å². The number of rotatable bonds is 0. The molecule has 2 saturated heterocycles. The van der Waals surface area contributed by atoms with Gasteiger partial charge in [-0.1, -0.05) is 0 Å². The van der Waals surface area contributed by atoms with E-state index in [1.807, 2.05) is 0 Å². The van der Waals surface area contributed by atoms with Crippen molar-refractivity contribution in [1.29, 1.82) is 0 Å². The van der Waals surface area contributed by atoms with Crippen LogP contribution in [0.25, 0.3) is 0 Å². The summed E-state index contributed by atoms with van der Waals surface area (Å²) >= 11 is 0. The third-order valence-electron chi connectivity index (χ3n) is 2.84. The SMILES string of the molecule is C1CC[C@H]2CCC[S+]2CC1. The van der Waals surface area contributed by atoms with Crippen LogP contribution in [-0.2, 0) is 10.9 Å². The summed E-state index contributed by atoms with van der Waals surface area (Å²) in [6.45, 7) is 0. The molecule has 2 aliphatic rings. The van der Waals surface area contributed by atoms with Crippen molar-refractivity contribution in [2.75, 3.05) is 11.5 Å². The first-order valence-electron chi connectivity index (χ1n) is 4.63. The Morgan fingerprint density at radius 1 is 0.800 bits per heavy atom.